The Morgan fingerprint density at radius 1 is 1.39 bits per heavy atom. The largest absolute Gasteiger partial charge is 0.497 e. The van der Waals surface area contributed by atoms with Crippen LogP contribution in [0.5, 0.6) is 5.75 Å². The number of rotatable bonds is 8. The summed E-state index contributed by atoms with van der Waals surface area (Å²) in [5.74, 6) is 6.51. The van der Waals surface area contributed by atoms with E-state index in [1.807, 2.05) is 19.1 Å². The summed E-state index contributed by atoms with van der Waals surface area (Å²) >= 11 is 0. The molecule has 1 aromatic rings. The third-order valence-corrected chi connectivity index (χ3v) is 3.04. The molecule has 1 atom stereocenters. The zero-order chi connectivity index (χ0) is 13.4. The van der Waals surface area contributed by atoms with Crippen molar-refractivity contribution < 1.29 is 9.47 Å². The van der Waals surface area contributed by atoms with Gasteiger partial charge in [-0.3, -0.25) is 11.3 Å². The van der Waals surface area contributed by atoms with Crippen LogP contribution in [0.25, 0.3) is 0 Å². The number of ether oxygens (including phenoxy) is 2. The number of methoxy groups -OCH3 is 1. The van der Waals surface area contributed by atoms with Gasteiger partial charge >= 0.3 is 0 Å². The van der Waals surface area contributed by atoms with Crippen molar-refractivity contribution in [3.05, 3.63) is 29.3 Å². The highest BCUT2D eigenvalue weighted by molar-refractivity contribution is 5.36. The van der Waals surface area contributed by atoms with Gasteiger partial charge in [0, 0.05) is 19.3 Å². The number of benzene rings is 1. The van der Waals surface area contributed by atoms with Gasteiger partial charge in [-0.25, -0.2) is 0 Å². The van der Waals surface area contributed by atoms with Gasteiger partial charge in [0.25, 0.3) is 0 Å². The maximum Gasteiger partial charge on any atom is 0.119 e. The summed E-state index contributed by atoms with van der Waals surface area (Å²) < 4.78 is 10.5. The first-order valence-electron chi connectivity index (χ1n) is 6.41. The lowest BCUT2D eigenvalue weighted by Crippen LogP contribution is -2.28. The molecular weight excluding hydrogens is 228 g/mol. The predicted octanol–water partition coefficient (Wildman–Crippen LogP) is 2.32. The van der Waals surface area contributed by atoms with Crippen molar-refractivity contribution >= 4 is 0 Å². The minimum atomic E-state index is 0.163. The molecule has 0 aliphatic heterocycles. The monoisotopic (exact) mass is 252 g/mol. The van der Waals surface area contributed by atoms with Gasteiger partial charge in [0.05, 0.1) is 7.11 Å². The maximum absolute atomic E-state index is 5.64. The summed E-state index contributed by atoms with van der Waals surface area (Å²) in [6.45, 7) is 5.63. The minimum absolute atomic E-state index is 0.163. The van der Waals surface area contributed by atoms with Crippen LogP contribution in [0.2, 0.25) is 0 Å². The number of nitrogens with one attached hydrogen (secondary N) is 1. The molecule has 0 saturated heterocycles. The molecule has 0 radical (unpaired) electrons. The summed E-state index contributed by atoms with van der Waals surface area (Å²) in [5.41, 5.74) is 5.28. The van der Waals surface area contributed by atoms with Gasteiger partial charge in [0.1, 0.15) is 5.75 Å². The van der Waals surface area contributed by atoms with Crippen molar-refractivity contribution in [3.8, 4) is 5.75 Å². The molecule has 0 amide bonds. The minimum Gasteiger partial charge on any atom is -0.497 e. The first kappa shape index (κ1) is 15.0. The zero-order valence-electron chi connectivity index (χ0n) is 11.5. The van der Waals surface area contributed by atoms with Crippen LogP contribution in [-0.4, -0.2) is 20.3 Å². The lowest BCUT2D eigenvalue weighted by atomic mass is 9.98. The first-order chi connectivity index (χ1) is 8.72. The molecule has 0 saturated carbocycles. The lowest BCUT2D eigenvalue weighted by molar-refractivity contribution is 0.141. The maximum atomic E-state index is 5.64. The van der Waals surface area contributed by atoms with E-state index in [0.717, 1.165) is 31.8 Å². The average molecular weight is 252 g/mol. The molecule has 1 rings (SSSR count). The van der Waals surface area contributed by atoms with Crippen LogP contribution in [0.1, 0.15) is 36.9 Å². The predicted molar refractivity (Wildman–Crippen MR) is 73.5 cm³/mol. The Morgan fingerprint density at radius 2 is 2.17 bits per heavy atom. The summed E-state index contributed by atoms with van der Waals surface area (Å²) in [6.07, 6.45) is 1.96. The van der Waals surface area contributed by atoms with Crippen molar-refractivity contribution in [1.29, 1.82) is 0 Å². The van der Waals surface area contributed by atoms with E-state index >= 15 is 0 Å². The van der Waals surface area contributed by atoms with Gasteiger partial charge in [-0.2, -0.15) is 0 Å². The van der Waals surface area contributed by atoms with Gasteiger partial charge in [-0.05, 0) is 49.9 Å². The van der Waals surface area contributed by atoms with Crippen molar-refractivity contribution in [1.82, 2.24) is 5.43 Å². The second-order valence-electron chi connectivity index (χ2n) is 4.28. The molecule has 1 unspecified atom stereocenters. The summed E-state index contributed by atoms with van der Waals surface area (Å²) in [5, 5.41) is 0. The van der Waals surface area contributed by atoms with Crippen LogP contribution >= 0.6 is 0 Å². The molecule has 18 heavy (non-hydrogen) atoms. The molecule has 4 nitrogen and oxygen atoms in total. The van der Waals surface area contributed by atoms with E-state index in [9.17, 15) is 0 Å². The fraction of sp³-hybridized carbons (Fsp3) is 0.571. The standard InChI is InChI=1S/C14H24N2O2/c1-4-18-9-5-6-14(16-15)13-8-7-12(17-3)10-11(13)2/h7-8,10,14,16H,4-6,9,15H2,1-3H3. The van der Waals surface area contributed by atoms with E-state index < -0.39 is 0 Å². The number of hydrogen-bond acceptors (Lipinski definition) is 4. The third kappa shape index (κ3) is 4.29. The van der Waals surface area contributed by atoms with Crippen molar-refractivity contribution in [2.75, 3.05) is 20.3 Å². The Bertz CT molecular complexity index is 356. The fourth-order valence-corrected chi connectivity index (χ4v) is 2.03. The molecule has 0 aromatic heterocycles. The molecule has 0 fully saturated rings. The van der Waals surface area contributed by atoms with Gasteiger partial charge in [-0.1, -0.05) is 6.07 Å². The van der Waals surface area contributed by atoms with Gasteiger partial charge in [-0.15, -0.1) is 0 Å². The molecule has 0 aliphatic rings. The van der Waals surface area contributed by atoms with E-state index in [4.69, 9.17) is 15.3 Å². The van der Waals surface area contributed by atoms with Crippen LogP contribution in [0.3, 0.4) is 0 Å². The van der Waals surface area contributed by atoms with Crippen molar-refractivity contribution in [2.24, 2.45) is 5.84 Å². The smallest absolute Gasteiger partial charge is 0.119 e. The van der Waals surface area contributed by atoms with Gasteiger partial charge < -0.3 is 9.47 Å². The quantitative estimate of drug-likeness (QED) is 0.423. The summed E-state index contributed by atoms with van der Waals surface area (Å²) in [4.78, 5) is 0. The Kier molecular flexibility index (Phi) is 6.72. The van der Waals surface area contributed by atoms with E-state index in [0.29, 0.717) is 0 Å². The highest BCUT2D eigenvalue weighted by Crippen LogP contribution is 2.25. The van der Waals surface area contributed by atoms with Gasteiger partial charge in [0.2, 0.25) is 0 Å². The Hall–Kier alpha value is -1.10. The first-order valence-corrected chi connectivity index (χ1v) is 6.41. The average Bonchev–Trinajstić information content (AvgIpc) is 2.39. The number of hydrazine groups is 1. The normalized spacial score (nSPS) is 12.4. The van der Waals surface area contributed by atoms with Crippen LogP contribution in [0.15, 0.2) is 18.2 Å². The number of hydrogen-bond donors (Lipinski definition) is 2. The Morgan fingerprint density at radius 3 is 2.72 bits per heavy atom. The molecular formula is C14H24N2O2. The van der Waals surface area contributed by atoms with Crippen LogP contribution in [0, 0.1) is 6.92 Å². The molecule has 1 aromatic carbocycles. The second kappa shape index (κ2) is 8.08. The van der Waals surface area contributed by atoms with Gasteiger partial charge in [0.15, 0.2) is 0 Å². The van der Waals surface area contributed by atoms with E-state index in [1.165, 1.54) is 11.1 Å². The zero-order valence-corrected chi connectivity index (χ0v) is 11.5. The van der Waals surface area contributed by atoms with E-state index in [2.05, 4.69) is 18.4 Å². The Labute approximate surface area is 109 Å². The Balaban J connectivity index is 2.63. The molecule has 0 heterocycles. The third-order valence-electron chi connectivity index (χ3n) is 3.04. The highest BCUT2D eigenvalue weighted by atomic mass is 16.5. The number of nitrogens with two attached hydrogens (primary N) is 1. The van der Waals surface area contributed by atoms with E-state index in [-0.39, 0.29) is 6.04 Å². The molecule has 3 N–H and O–H groups in total. The molecule has 4 heteroatoms. The highest BCUT2D eigenvalue weighted by Gasteiger charge is 2.12. The van der Waals surface area contributed by atoms with Crippen LogP contribution < -0.4 is 16.0 Å². The molecule has 0 spiro atoms. The molecule has 0 bridgehead atoms. The second-order valence-corrected chi connectivity index (χ2v) is 4.28. The SMILES string of the molecule is CCOCCCC(NN)c1ccc(OC)cc1C. The van der Waals surface area contributed by atoms with Crippen molar-refractivity contribution in [3.63, 3.8) is 0 Å². The summed E-state index contributed by atoms with van der Waals surface area (Å²) in [6, 6.07) is 6.23. The molecule has 0 aliphatic carbocycles. The van der Waals surface area contributed by atoms with Crippen LogP contribution in [-0.2, 0) is 4.74 Å². The van der Waals surface area contributed by atoms with Crippen LogP contribution in [0.4, 0.5) is 0 Å². The van der Waals surface area contributed by atoms with E-state index in [1.54, 1.807) is 7.11 Å². The lowest BCUT2D eigenvalue weighted by Gasteiger charge is -2.19. The van der Waals surface area contributed by atoms with Crippen molar-refractivity contribution in [2.45, 2.75) is 32.7 Å². The topological polar surface area (TPSA) is 56.5 Å². The summed E-state index contributed by atoms with van der Waals surface area (Å²) in [7, 11) is 1.68. The fourth-order valence-electron chi connectivity index (χ4n) is 2.03. The molecule has 102 valence electrons. The number of aryl methyl sites for hydroxylation is 1.